The Labute approximate surface area is 127 Å². The smallest absolute Gasteiger partial charge is 0.0138 e. The summed E-state index contributed by atoms with van der Waals surface area (Å²) in [6.45, 7) is 21.6. The fourth-order valence-corrected chi connectivity index (χ4v) is 1.18. The average Bonchev–Trinajstić information content (AvgIpc) is 2.34. The van der Waals surface area contributed by atoms with Gasteiger partial charge < -0.3 is 0 Å². The second-order valence-corrected chi connectivity index (χ2v) is 5.33. The Morgan fingerprint density at radius 2 is 1.35 bits per heavy atom. The van der Waals surface area contributed by atoms with Gasteiger partial charge >= 0.3 is 0 Å². The van der Waals surface area contributed by atoms with E-state index in [4.69, 9.17) is 0 Å². The quantitative estimate of drug-likeness (QED) is 0.347. The molecule has 0 spiro atoms. The molecule has 0 aromatic rings. The molecular formula is C20H32. The molecule has 0 heterocycles. The monoisotopic (exact) mass is 272 g/mol. The van der Waals surface area contributed by atoms with Crippen molar-refractivity contribution in [1.82, 2.24) is 0 Å². The Bertz CT molecular complexity index is 386. The molecule has 0 aliphatic heterocycles. The summed E-state index contributed by atoms with van der Waals surface area (Å²) < 4.78 is 0. The van der Waals surface area contributed by atoms with Crippen LogP contribution in [0, 0.1) is 0 Å². The van der Waals surface area contributed by atoms with Gasteiger partial charge in [0.1, 0.15) is 0 Å². The molecule has 0 heteroatoms. The zero-order valence-corrected chi connectivity index (χ0v) is 14.1. The van der Waals surface area contributed by atoms with Crippen LogP contribution in [0.5, 0.6) is 0 Å². The molecular weight excluding hydrogens is 240 g/mol. The Morgan fingerprint density at radius 3 is 1.75 bits per heavy atom. The van der Waals surface area contributed by atoms with Crippen molar-refractivity contribution in [2.24, 2.45) is 0 Å². The maximum Gasteiger partial charge on any atom is -0.0138 e. The summed E-state index contributed by atoms with van der Waals surface area (Å²) in [5.74, 6) is 0. The molecule has 0 rings (SSSR count). The van der Waals surface area contributed by atoms with Gasteiger partial charge in [0.2, 0.25) is 0 Å². The lowest BCUT2D eigenvalue weighted by atomic mass is 10.2. The Kier molecular flexibility index (Phi) is 14.4. The molecule has 0 saturated heterocycles. The molecule has 0 unspecified atom stereocenters. The Balaban J connectivity index is 0. The lowest BCUT2D eigenvalue weighted by Crippen LogP contribution is -1.71. The highest BCUT2D eigenvalue weighted by atomic mass is 13.9. The van der Waals surface area contributed by atoms with E-state index in [2.05, 4.69) is 58.7 Å². The summed E-state index contributed by atoms with van der Waals surface area (Å²) in [6.07, 6.45) is 13.7. The molecule has 0 fully saturated rings. The predicted molar refractivity (Wildman–Crippen MR) is 96.0 cm³/mol. The zero-order chi connectivity index (χ0) is 16.0. The number of hydrogen-bond donors (Lipinski definition) is 0. The van der Waals surface area contributed by atoms with Gasteiger partial charge in [0.05, 0.1) is 0 Å². The van der Waals surface area contributed by atoms with Crippen LogP contribution < -0.4 is 0 Å². The highest BCUT2D eigenvalue weighted by molar-refractivity contribution is 5.14. The highest BCUT2D eigenvalue weighted by Gasteiger charge is 1.82. The van der Waals surface area contributed by atoms with Gasteiger partial charge in [0.25, 0.3) is 0 Å². The van der Waals surface area contributed by atoms with E-state index in [1.165, 1.54) is 11.1 Å². The van der Waals surface area contributed by atoms with Crippen molar-refractivity contribution in [3.63, 3.8) is 0 Å². The first-order chi connectivity index (χ1) is 9.29. The molecule has 0 aromatic heterocycles. The summed E-state index contributed by atoms with van der Waals surface area (Å²) in [7, 11) is 0. The van der Waals surface area contributed by atoms with E-state index < -0.39 is 0 Å². The number of allylic oxidation sites excluding steroid dienone is 9. The Hall–Kier alpha value is -1.56. The molecule has 0 aromatic carbocycles. The first-order valence-electron chi connectivity index (χ1n) is 7.19. The second-order valence-electron chi connectivity index (χ2n) is 5.33. The summed E-state index contributed by atoms with van der Waals surface area (Å²) in [5, 5.41) is 0. The van der Waals surface area contributed by atoms with Crippen LogP contribution in [0.3, 0.4) is 0 Å². The number of hydrogen-bond acceptors (Lipinski definition) is 0. The van der Waals surface area contributed by atoms with E-state index in [9.17, 15) is 0 Å². The van der Waals surface area contributed by atoms with Gasteiger partial charge in [-0.2, -0.15) is 0 Å². The fraction of sp³-hybridized carbons (Fsp3) is 0.400. The predicted octanol–water partition coefficient (Wildman–Crippen LogP) is 6.95. The third-order valence-electron chi connectivity index (χ3n) is 2.48. The minimum absolute atomic E-state index is 1.04. The summed E-state index contributed by atoms with van der Waals surface area (Å²) in [4.78, 5) is 0. The molecule has 20 heavy (non-hydrogen) atoms. The zero-order valence-electron chi connectivity index (χ0n) is 14.1. The lowest BCUT2D eigenvalue weighted by Gasteiger charge is -1.91. The molecule has 0 amide bonds. The van der Waals surface area contributed by atoms with E-state index in [-0.39, 0.29) is 0 Å². The molecule has 0 nitrogen and oxygen atoms in total. The third kappa shape index (κ3) is 21.7. The van der Waals surface area contributed by atoms with Gasteiger partial charge in [-0.15, -0.1) is 6.58 Å². The van der Waals surface area contributed by atoms with Gasteiger partial charge in [-0.1, -0.05) is 65.8 Å². The van der Waals surface area contributed by atoms with E-state index in [1.807, 2.05) is 26.0 Å². The fourth-order valence-electron chi connectivity index (χ4n) is 1.18. The van der Waals surface area contributed by atoms with Crippen LogP contribution in [0.15, 0.2) is 72.4 Å². The molecule has 0 saturated carbocycles. The van der Waals surface area contributed by atoms with E-state index >= 15 is 0 Å². The van der Waals surface area contributed by atoms with Crippen LogP contribution in [0.2, 0.25) is 0 Å². The summed E-state index contributed by atoms with van der Waals surface area (Å²) in [6, 6.07) is 0. The van der Waals surface area contributed by atoms with E-state index in [1.54, 1.807) is 0 Å². The number of rotatable bonds is 7. The minimum atomic E-state index is 1.04. The summed E-state index contributed by atoms with van der Waals surface area (Å²) >= 11 is 0. The van der Waals surface area contributed by atoms with Gasteiger partial charge in [-0.25, -0.2) is 0 Å². The topological polar surface area (TPSA) is 0 Å². The molecule has 0 N–H and O–H groups in total. The largest absolute Gasteiger partial charge is 0.100 e. The van der Waals surface area contributed by atoms with E-state index in [0.717, 1.165) is 30.4 Å². The first kappa shape index (κ1) is 20.8. The van der Waals surface area contributed by atoms with Crippen LogP contribution in [0.25, 0.3) is 0 Å². The normalized spacial score (nSPS) is 11.3. The minimum Gasteiger partial charge on any atom is -0.100 e. The van der Waals surface area contributed by atoms with Crippen molar-refractivity contribution < 1.29 is 0 Å². The molecule has 0 radical (unpaired) electrons. The van der Waals surface area contributed by atoms with Crippen molar-refractivity contribution in [3.05, 3.63) is 72.4 Å². The lowest BCUT2D eigenvalue weighted by molar-refractivity contribution is 0.983. The average molecular weight is 272 g/mol. The summed E-state index contributed by atoms with van der Waals surface area (Å²) in [5.41, 5.74) is 4.87. The van der Waals surface area contributed by atoms with E-state index in [0.29, 0.717) is 0 Å². The van der Waals surface area contributed by atoms with Crippen LogP contribution in [-0.4, -0.2) is 0 Å². The Morgan fingerprint density at radius 1 is 0.850 bits per heavy atom. The van der Waals surface area contributed by atoms with Crippen LogP contribution >= 0.6 is 0 Å². The molecule has 0 bridgehead atoms. The van der Waals surface area contributed by atoms with Crippen molar-refractivity contribution in [2.75, 3.05) is 0 Å². The van der Waals surface area contributed by atoms with Crippen molar-refractivity contribution in [1.29, 1.82) is 0 Å². The van der Waals surface area contributed by atoms with Crippen molar-refractivity contribution in [3.8, 4) is 0 Å². The van der Waals surface area contributed by atoms with Gasteiger partial charge in [-0.3, -0.25) is 0 Å². The molecule has 0 atom stereocenters. The third-order valence-corrected chi connectivity index (χ3v) is 2.48. The first-order valence-corrected chi connectivity index (χ1v) is 7.19. The van der Waals surface area contributed by atoms with Crippen LogP contribution in [0.1, 0.15) is 53.9 Å². The highest BCUT2D eigenvalue weighted by Crippen LogP contribution is 2.02. The SMILES string of the molecule is C=C(C)C=CCC(C)=CC.C=C(C)C=CCCC(=C)C. The van der Waals surface area contributed by atoms with Crippen LogP contribution in [0.4, 0.5) is 0 Å². The second kappa shape index (κ2) is 13.9. The molecule has 112 valence electrons. The van der Waals surface area contributed by atoms with Crippen molar-refractivity contribution >= 4 is 0 Å². The standard InChI is InChI=1S/2C10H16/c1-9(2)7-5-6-8-10(3)4;1-5-10(4)8-6-7-9(2)3/h5,7H,1,3,6,8H2,2,4H3;5-7H,2,8H2,1,3-4H3. The van der Waals surface area contributed by atoms with Gasteiger partial charge in [0.15, 0.2) is 0 Å². The van der Waals surface area contributed by atoms with Gasteiger partial charge in [-0.05, 0) is 53.9 Å². The van der Waals surface area contributed by atoms with Gasteiger partial charge in [0, 0.05) is 0 Å². The molecule has 0 aliphatic rings. The van der Waals surface area contributed by atoms with Crippen molar-refractivity contribution in [2.45, 2.75) is 53.9 Å². The van der Waals surface area contributed by atoms with Crippen LogP contribution in [-0.2, 0) is 0 Å². The maximum absolute atomic E-state index is 3.82. The maximum atomic E-state index is 3.82. The molecule has 0 aliphatic carbocycles.